The van der Waals surface area contributed by atoms with Gasteiger partial charge in [0.1, 0.15) is 5.75 Å². The largest absolute Gasteiger partial charge is 0.481 e. The highest BCUT2D eigenvalue weighted by Crippen LogP contribution is 2.35. The molecule has 0 aliphatic carbocycles. The zero-order valence-electron chi connectivity index (χ0n) is 16.0. The van der Waals surface area contributed by atoms with Crippen LogP contribution in [0.25, 0.3) is 0 Å². The Morgan fingerprint density at radius 1 is 1.15 bits per heavy atom. The minimum atomic E-state index is -4.21. The number of carbonyl (C=O) groups excluding carboxylic acids is 1. The highest BCUT2D eigenvalue weighted by Gasteiger charge is 2.15. The average Bonchev–Trinajstić information content (AvgIpc) is 2.55. The quantitative estimate of drug-likeness (QED) is 0.628. The van der Waals surface area contributed by atoms with Gasteiger partial charge in [-0.15, -0.1) is 0 Å². The second kappa shape index (κ2) is 8.70. The fraction of sp³-hybridized carbons (Fsp3) is 0.350. The maximum absolute atomic E-state index is 12.2. The molecule has 0 saturated heterocycles. The van der Waals surface area contributed by atoms with E-state index in [2.05, 4.69) is 5.32 Å². The second-order valence-corrected chi connectivity index (χ2v) is 8.57. The van der Waals surface area contributed by atoms with Crippen molar-refractivity contribution in [1.29, 1.82) is 0 Å². The van der Waals surface area contributed by atoms with Crippen molar-refractivity contribution in [3.05, 3.63) is 64.2 Å². The number of amides is 1. The summed E-state index contributed by atoms with van der Waals surface area (Å²) in [5.41, 5.74) is 4.67. The molecule has 3 N–H and O–H groups in total. The number of ether oxygens (including phenoxy) is 1. The van der Waals surface area contributed by atoms with Crippen molar-refractivity contribution >= 4 is 13.5 Å². The molecule has 0 aliphatic heterocycles. The molecule has 146 valence electrons. The van der Waals surface area contributed by atoms with Gasteiger partial charge in [0.2, 0.25) is 0 Å². The standard InChI is InChI=1S/C20H26NO5P/c1-13(2)21-20(22)17-7-5-6-16(10-17)11-19-14(3)8-18(9-15(19)4)26-12-27(23,24)25/h5-10,13H,11-12H2,1-4H3,(H,21,22)(H2,23,24,25). The molecular weight excluding hydrogens is 365 g/mol. The summed E-state index contributed by atoms with van der Waals surface area (Å²) in [5.74, 6) is 0.337. The van der Waals surface area contributed by atoms with Crippen LogP contribution in [-0.2, 0) is 11.0 Å². The molecule has 0 saturated carbocycles. The number of benzene rings is 2. The fourth-order valence-corrected chi connectivity index (χ4v) is 3.16. The molecule has 2 aromatic carbocycles. The van der Waals surface area contributed by atoms with E-state index in [4.69, 9.17) is 14.5 Å². The molecule has 2 aromatic rings. The van der Waals surface area contributed by atoms with Crippen LogP contribution in [0.4, 0.5) is 0 Å². The Kier molecular flexibility index (Phi) is 6.82. The summed E-state index contributed by atoms with van der Waals surface area (Å²) in [4.78, 5) is 30.1. The Balaban J connectivity index is 2.20. The van der Waals surface area contributed by atoms with Crippen molar-refractivity contribution in [2.45, 2.75) is 40.2 Å². The van der Waals surface area contributed by atoms with Crippen molar-refractivity contribution in [2.24, 2.45) is 0 Å². The van der Waals surface area contributed by atoms with E-state index in [0.717, 1.165) is 22.3 Å². The third-order valence-corrected chi connectivity index (χ3v) is 4.52. The van der Waals surface area contributed by atoms with Crippen LogP contribution in [-0.4, -0.2) is 28.1 Å². The lowest BCUT2D eigenvalue weighted by atomic mass is 9.95. The SMILES string of the molecule is Cc1cc(OCP(=O)(O)O)cc(C)c1Cc1cccc(C(=O)NC(C)C)c1. The van der Waals surface area contributed by atoms with Crippen LogP contribution in [0, 0.1) is 13.8 Å². The van der Waals surface area contributed by atoms with E-state index in [0.29, 0.717) is 17.7 Å². The summed E-state index contributed by atoms with van der Waals surface area (Å²) >= 11 is 0. The lowest BCUT2D eigenvalue weighted by molar-refractivity contribution is 0.0943. The van der Waals surface area contributed by atoms with Crippen LogP contribution >= 0.6 is 7.60 Å². The van der Waals surface area contributed by atoms with E-state index in [1.807, 2.05) is 45.9 Å². The van der Waals surface area contributed by atoms with Crippen LogP contribution in [0.2, 0.25) is 0 Å². The Hall–Kier alpha value is -2.14. The number of hydrogen-bond acceptors (Lipinski definition) is 3. The van der Waals surface area contributed by atoms with Crippen molar-refractivity contribution in [1.82, 2.24) is 5.32 Å². The first kappa shape index (κ1) is 21.2. The van der Waals surface area contributed by atoms with Gasteiger partial charge in [-0.3, -0.25) is 9.36 Å². The van der Waals surface area contributed by atoms with Gasteiger partial charge in [0.15, 0.2) is 6.35 Å². The zero-order chi connectivity index (χ0) is 20.2. The van der Waals surface area contributed by atoms with Gasteiger partial charge in [0.25, 0.3) is 5.91 Å². The lowest BCUT2D eigenvalue weighted by Crippen LogP contribution is -2.30. The summed E-state index contributed by atoms with van der Waals surface area (Å²) in [6.07, 6.45) is 0.0114. The molecule has 2 rings (SSSR count). The van der Waals surface area contributed by atoms with Crippen LogP contribution in [0.1, 0.15) is 46.5 Å². The van der Waals surface area contributed by atoms with Gasteiger partial charge in [-0.2, -0.15) is 0 Å². The average molecular weight is 391 g/mol. The Labute approximate surface area is 159 Å². The third kappa shape index (κ3) is 6.51. The molecule has 1 amide bonds. The first-order valence-electron chi connectivity index (χ1n) is 8.72. The molecule has 0 aliphatic rings. The van der Waals surface area contributed by atoms with E-state index in [1.54, 1.807) is 18.2 Å². The predicted octanol–water partition coefficient (Wildman–Crippen LogP) is 3.55. The summed E-state index contributed by atoms with van der Waals surface area (Å²) in [6, 6.07) is 11.1. The Morgan fingerprint density at radius 2 is 1.78 bits per heavy atom. The number of hydrogen-bond donors (Lipinski definition) is 3. The normalized spacial score (nSPS) is 11.5. The monoisotopic (exact) mass is 391 g/mol. The predicted molar refractivity (Wildman–Crippen MR) is 105 cm³/mol. The molecule has 0 aromatic heterocycles. The van der Waals surface area contributed by atoms with Gasteiger partial charge in [0.05, 0.1) is 0 Å². The van der Waals surface area contributed by atoms with Gasteiger partial charge in [0, 0.05) is 11.6 Å². The highest BCUT2D eigenvalue weighted by atomic mass is 31.2. The van der Waals surface area contributed by atoms with Crippen molar-refractivity contribution in [3.8, 4) is 5.75 Å². The van der Waals surface area contributed by atoms with E-state index in [-0.39, 0.29) is 11.9 Å². The van der Waals surface area contributed by atoms with Gasteiger partial charge in [-0.05, 0) is 80.6 Å². The molecule has 0 radical (unpaired) electrons. The molecule has 0 bridgehead atoms. The number of carbonyl (C=O) groups is 1. The molecular formula is C20H26NO5P. The summed E-state index contributed by atoms with van der Waals surface area (Å²) in [5, 5.41) is 2.89. The Bertz CT molecular complexity index is 849. The minimum Gasteiger partial charge on any atom is -0.481 e. The van der Waals surface area contributed by atoms with E-state index in [9.17, 15) is 9.36 Å². The maximum atomic E-state index is 12.2. The van der Waals surface area contributed by atoms with Crippen LogP contribution in [0.3, 0.4) is 0 Å². The van der Waals surface area contributed by atoms with Crippen LogP contribution in [0.5, 0.6) is 5.75 Å². The van der Waals surface area contributed by atoms with Crippen molar-refractivity contribution in [3.63, 3.8) is 0 Å². The molecule has 0 heterocycles. The smallest absolute Gasteiger partial charge is 0.362 e. The number of rotatable bonds is 7. The van der Waals surface area contributed by atoms with Gasteiger partial charge in [-0.25, -0.2) is 0 Å². The molecule has 0 fully saturated rings. The minimum absolute atomic E-state index is 0.0753. The van der Waals surface area contributed by atoms with Crippen LogP contribution in [0.15, 0.2) is 36.4 Å². The fourth-order valence-electron chi connectivity index (χ4n) is 2.85. The van der Waals surface area contributed by atoms with Crippen molar-refractivity contribution in [2.75, 3.05) is 6.35 Å². The maximum Gasteiger partial charge on any atom is 0.362 e. The molecule has 7 heteroatoms. The molecule has 0 unspecified atom stereocenters. The molecule has 27 heavy (non-hydrogen) atoms. The summed E-state index contributed by atoms with van der Waals surface area (Å²) < 4.78 is 16.2. The lowest BCUT2D eigenvalue weighted by Gasteiger charge is -2.15. The zero-order valence-corrected chi connectivity index (χ0v) is 16.9. The van der Waals surface area contributed by atoms with Crippen LogP contribution < -0.4 is 10.1 Å². The molecule has 6 nitrogen and oxygen atoms in total. The number of aryl methyl sites for hydroxylation is 2. The summed E-state index contributed by atoms with van der Waals surface area (Å²) in [7, 11) is -4.21. The van der Waals surface area contributed by atoms with Gasteiger partial charge in [-0.1, -0.05) is 12.1 Å². The molecule has 0 atom stereocenters. The van der Waals surface area contributed by atoms with Gasteiger partial charge < -0.3 is 19.8 Å². The van der Waals surface area contributed by atoms with E-state index in [1.165, 1.54) is 0 Å². The topological polar surface area (TPSA) is 95.9 Å². The van der Waals surface area contributed by atoms with E-state index >= 15 is 0 Å². The molecule has 0 spiro atoms. The first-order chi connectivity index (χ1) is 12.5. The van der Waals surface area contributed by atoms with Crippen molar-refractivity contribution < 1.29 is 23.9 Å². The highest BCUT2D eigenvalue weighted by molar-refractivity contribution is 7.51. The second-order valence-electron chi connectivity index (χ2n) is 6.98. The first-order valence-corrected chi connectivity index (χ1v) is 10.5. The third-order valence-electron chi connectivity index (χ3n) is 4.06. The van der Waals surface area contributed by atoms with Gasteiger partial charge >= 0.3 is 7.60 Å². The summed E-state index contributed by atoms with van der Waals surface area (Å²) in [6.45, 7) is 7.71. The number of nitrogens with one attached hydrogen (secondary N) is 1. The Morgan fingerprint density at radius 3 is 2.33 bits per heavy atom. The van der Waals surface area contributed by atoms with E-state index < -0.39 is 13.9 Å².